The molecule has 0 saturated carbocycles. The van der Waals surface area contributed by atoms with Crippen LogP contribution in [0.15, 0.2) is 71.6 Å². The quantitative estimate of drug-likeness (QED) is 0.599. The molecule has 0 atom stereocenters. The summed E-state index contributed by atoms with van der Waals surface area (Å²) in [5.74, 6) is 0. The number of hydrogen-bond acceptors (Lipinski definition) is 3. The largest absolute Gasteiger partial charge is 0.323 e. The smallest absolute Gasteiger partial charge is 0.308 e. The SMILES string of the molecule is Cc1cc(C)cc(NC(=O)Nc2ccc3c(c2)N(S(=O)(=O)c2ccccc2)CCC3)c1. The maximum absolute atomic E-state index is 13.2. The minimum atomic E-state index is -3.67. The van der Waals surface area contributed by atoms with Crippen molar-refractivity contribution >= 4 is 33.1 Å². The van der Waals surface area contributed by atoms with Crippen LogP contribution in [0.4, 0.5) is 21.9 Å². The lowest BCUT2D eigenvalue weighted by molar-refractivity contribution is 0.262. The van der Waals surface area contributed by atoms with Crippen molar-refractivity contribution in [3.63, 3.8) is 0 Å². The Morgan fingerprint density at radius 1 is 0.871 bits per heavy atom. The van der Waals surface area contributed by atoms with E-state index in [9.17, 15) is 13.2 Å². The highest BCUT2D eigenvalue weighted by atomic mass is 32.2. The van der Waals surface area contributed by atoms with E-state index >= 15 is 0 Å². The van der Waals surface area contributed by atoms with Gasteiger partial charge in [-0.05, 0) is 79.8 Å². The number of aryl methyl sites for hydroxylation is 3. The molecule has 1 heterocycles. The Morgan fingerprint density at radius 3 is 2.26 bits per heavy atom. The summed E-state index contributed by atoms with van der Waals surface area (Å²) in [5, 5.41) is 5.66. The topological polar surface area (TPSA) is 78.5 Å². The van der Waals surface area contributed by atoms with Gasteiger partial charge in [-0.25, -0.2) is 13.2 Å². The molecule has 160 valence electrons. The first-order valence-corrected chi connectivity index (χ1v) is 11.6. The van der Waals surface area contributed by atoms with Crippen LogP contribution in [0.5, 0.6) is 0 Å². The van der Waals surface area contributed by atoms with Gasteiger partial charge in [-0.3, -0.25) is 4.31 Å². The molecule has 0 bridgehead atoms. The molecular weight excluding hydrogens is 410 g/mol. The van der Waals surface area contributed by atoms with Crippen molar-refractivity contribution in [2.75, 3.05) is 21.5 Å². The molecule has 2 N–H and O–H groups in total. The van der Waals surface area contributed by atoms with E-state index in [0.29, 0.717) is 23.6 Å². The summed E-state index contributed by atoms with van der Waals surface area (Å²) in [4.78, 5) is 12.8. The van der Waals surface area contributed by atoms with E-state index in [4.69, 9.17) is 0 Å². The number of nitrogens with zero attached hydrogens (tertiary/aromatic N) is 1. The zero-order valence-electron chi connectivity index (χ0n) is 17.6. The second kappa shape index (κ2) is 8.43. The lowest BCUT2D eigenvalue weighted by Crippen LogP contribution is -2.35. The van der Waals surface area contributed by atoms with Gasteiger partial charge in [0, 0.05) is 17.9 Å². The normalized spacial score (nSPS) is 13.4. The molecule has 0 aliphatic carbocycles. The summed E-state index contributed by atoms with van der Waals surface area (Å²) < 4.78 is 27.9. The van der Waals surface area contributed by atoms with Crippen molar-refractivity contribution < 1.29 is 13.2 Å². The fraction of sp³-hybridized carbons (Fsp3) is 0.208. The number of carbonyl (C=O) groups excluding carboxylic acids is 1. The van der Waals surface area contributed by atoms with E-state index in [1.54, 1.807) is 42.5 Å². The number of anilines is 3. The van der Waals surface area contributed by atoms with E-state index in [2.05, 4.69) is 10.6 Å². The summed E-state index contributed by atoms with van der Waals surface area (Å²) >= 11 is 0. The fourth-order valence-corrected chi connectivity index (χ4v) is 5.48. The van der Waals surface area contributed by atoms with Crippen LogP contribution in [-0.2, 0) is 16.4 Å². The molecule has 3 aromatic carbocycles. The van der Waals surface area contributed by atoms with Crippen LogP contribution in [0, 0.1) is 13.8 Å². The van der Waals surface area contributed by atoms with Gasteiger partial charge in [0.2, 0.25) is 0 Å². The number of hydrogen-bond donors (Lipinski definition) is 2. The number of nitrogens with one attached hydrogen (secondary N) is 2. The lowest BCUT2D eigenvalue weighted by Gasteiger charge is -2.31. The van der Waals surface area contributed by atoms with Gasteiger partial charge in [-0.1, -0.05) is 30.3 Å². The van der Waals surface area contributed by atoms with Crippen molar-refractivity contribution in [3.8, 4) is 0 Å². The monoisotopic (exact) mass is 435 g/mol. The number of carbonyl (C=O) groups is 1. The van der Waals surface area contributed by atoms with Crippen LogP contribution < -0.4 is 14.9 Å². The molecule has 0 unspecified atom stereocenters. The van der Waals surface area contributed by atoms with Gasteiger partial charge in [-0.2, -0.15) is 0 Å². The molecule has 4 rings (SSSR count). The number of rotatable bonds is 4. The van der Waals surface area contributed by atoms with Gasteiger partial charge in [0.25, 0.3) is 10.0 Å². The maximum atomic E-state index is 13.2. The summed E-state index contributed by atoms with van der Waals surface area (Å²) in [5.41, 5.74) is 4.93. The summed E-state index contributed by atoms with van der Waals surface area (Å²) in [7, 11) is -3.67. The third kappa shape index (κ3) is 4.56. The van der Waals surface area contributed by atoms with Crippen molar-refractivity contribution in [3.05, 3.63) is 83.4 Å². The molecule has 2 amide bonds. The van der Waals surface area contributed by atoms with E-state index in [1.807, 2.05) is 38.1 Å². The van der Waals surface area contributed by atoms with Crippen LogP contribution in [0.25, 0.3) is 0 Å². The van der Waals surface area contributed by atoms with Crippen molar-refractivity contribution in [2.45, 2.75) is 31.6 Å². The van der Waals surface area contributed by atoms with Crippen molar-refractivity contribution in [2.24, 2.45) is 0 Å². The van der Waals surface area contributed by atoms with Crippen LogP contribution in [0.2, 0.25) is 0 Å². The third-order valence-electron chi connectivity index (χ3n) is 5.23. The highest BCUT2D eigenvalue weighted by Gasteiger charge is 2.29. The molecule has 0 fully saturated rings. The Labute approximate surface area is 183 Å². The predicted molar refractivity (Wildman–Crippen MR) is 124 cm³/mol. The Hall–Kier alpha value is -3.32. The van der Waals surface area contributed by atoms with Gasteiger partial charge < -0.3 is 10.6 Å². The van der Waals surface area contributed by atoms with E-state index in [0.717, 1.165) is 29.5 Å². The third-order valence-corrected chi connectivity index (χ3v) is 7.06. The predicted octanol–water partition coefficient (Wildman–Crippen LogP) is 5.09. The first kappa shape index (κ1) is 20.9. The van der Waals surface area contributed by atoms with E-state index < -0.39 is 10.0 Å². The van der Waals surface area contributed by atoms with Crippen molar-refractivity contribution in [1.29, 1.82) is 0 Å². The minimum Gasteiger partial charge on any atom is -0.308 e. The van der Waals surface area contributed by atoms with Crippen LogP contribution in [0.3, 0.4) is 0 Å². The molecule has 3 aromatic rings. The molecule has 1 aliphatic heterocycles. The second-order valence-electron chi connectivity index (χ2n) is 7.79. The molecule has 1 aliphatic rings. The molecule has 0 aromatic heterocycles. The van der Waals surface area contributed by atoms with E-state index in [-0.39, 0.29) is 10.9 Å². The molecule has 6 nitrogen and oxygen atoms in total. The Kier molecular flexibility index (Phi) is 5.69. The van der Waals surface area contributed by atoms with Gasteiger partial charge in [0.1, 0.15) is 0 Å². The average molecular weight is 436 g/mol. The van der Waals surface area contributed by atoms with Crippen molar-refractivity contribution in [1.82, 2.24) is 0 Å². The highest BCUT2D eigenvalue weighted by Crippen LogP contribution is 2.34. The Morgan fingerprint density at radius 2 is 1.55 bits per heavy atom. The first-order chi connectivity index (χ1) is 14.8. The highest BCUT2D eigenvalue weighted by molar-refractivity contribution is 7.92. The number of sulfonamides is 1. The van der Waals surface area contributed by atoms with Gasteiger partial charge >= 0.3 is 6.03 Å². The molecule has 0 spiro atoms. The first-order valence-electron chi connectivity index (χ1n) is 10.2. The number of benzene rings is 3. The van der Waals surface area contributed by atoms with Crippen LogP contribution in [-0.4, -0.2) is 21.0 Å². The van der Waals surface area contributed by atoms with Gasteiger partial charge in [0.15, 0.2) is 0 Å². The molecule has 0 radical (unpaired) electrons. The average Bonchev–Trinajstić information content (AvgIpc) is 2.73. The number of fused-ring (bicyclic) bond motifs is 1. The second-order valence-corrected chi connectivity index (χ2v) is 9.66. The Bertz CT molecular complexity index is 1200. The lowest BCUT2D eigenvalue weighted by atomic mass is 10.0. The zero-order valence-corrected chi connectivity index (χ0v) is 18.4. The molecule has 31 heavy (non-hydrogen) atoms. The summed E-state index contributed by atoms with van der Waals surface area (Å²) in [6.45, 7) is 4.35. The minimum absolute atomic E-state index is 0.258. The molecular formula is C24H25N3O3S. The Balaban J connectivity index is 1.58. The maximum Gasteiger partial charge on any atom is 0.323 e. The summed E-state index contributed by atoms with van der Waals surface area (Å²) in [6, 6.07) is 19.3. The molecule has 7 heteroatoms. The molecule has 0 saturated heterocycles. The zero-order chi connectivity index (χ0) is 22.0. The fourth-order valence-electron chi connectivity index (χ4n) is 3.93. The van der Waals surface area contributed by atoms with E-state index in [1.165, 1.54) is 4.31 Å². The van der Waals surface area contributed by atoms with Crippen LogP contribution >= 0.6 is 0 Å². The van der Waals surface area contributed by atoms with Gasteiger partial charge in [0.05, 0.1) is 10.6 Å². The standard InChI is InChI=1S/C24H25N3O3S/c1-17-13-18(2)15-21(14-17)26-24(28)25-20-11-10-19-7-6-12-27(23(19)16-20)31(29,30)22-8-4-3-5-9-22/h3-5,8-11,13-16H,6-7,12H2,1-2H3,(H2,25,26,28). The number of amides is 2. The number of urea groups is 1. The van der Waals surface area contributed by atoms with Gasteiger partial charge in [-0.15, -0.1) is 0 Å². The summed E-state index contributed by atoms with van der Waals surface area (Å²) in [6.07, 6.45) is 1.55. The van der Waals surface area contributed by atoms with Crippen LogP contribution in [0.1, 0.15) is 23.1 Å².